The SMILES string of the molecule is COc1ccc(C(=O)NCc2ccc(C)c(C)c2)cc1OC. The van der Waals surface area contributed by atoms with Crippen LogP contribution in [0, 0.1) is 13.8 Å². The Kier molecular flexibility index (Phi) is 5.04. The monoisotopic (exact) mass is 299 g/mol. The van der Waals surface area contributed by atoms with Crippen molar-refractivity contribution in [3.63, 3.8) is 0 Å². The van der Waals surface area contributed by atoms with Crippen LogP contribution in [-0.2, 0) is 6.54 Å². The molecule has 0 aliphatic heterocycles. The number of benzene rings is 2. The molecule has 0 aromatic heterocycles. The van der Waals surface area contributed by atoms with Gasteiger partial charge in [0.1, 0.15) is 0 Å². The Morgan fingerprint density at radius 3 is 2.32 bits per heavy atom. The zero-order valence-corrected chi connectivity index (χ0v) is 13.4. The van der Waals surface area contributed by atoms with Crippen LogP contribution in [0.15, 0.2) is 36.4 Å². The van der Waals surface area contributed by atoms with E-state index in [0.717, 1.165) is 5.56 Å². The average molecular weight is 299 g/mol. The van der Waals surface area contributed by atoms with Gasteiger partial charge in [0.05, 0.1) is 14.2 Å². The lowest BCUT2D eigenvalue weighted by Crippen LogP contribution is -2.22. The summed E-state index contributed by atoms with van der Waals surface area (Å²) in [6.07, 6.45) is 0. The first-order valence-electron chi connectivity index (χ1n) is 7.11. The van der Waals surface area contributed by atoms with Crippen molar-refractivity contribution in [1.29, 1.82) is 0 Å². The van der Waals surface area contributed by atoms with E-state index < -0.39 is 0 Å². The van der Waals surface area contributed by atoms with Crippen molar-refractivity contribution in [2.75, 3.05) is 14.2 Å². The van der Waals surface area contributed by atoms with E-state index in [1.807, 2.05) is 6.07 Å². The van der Waals surface area contributed by atoms with E-state index in [-0.39, 0.29) is 5.91 Å². The topological polar surface area (TPSA) is 47.6 Å². The number of amides is 1. The Morgan fingerprint density at radius 2 is 1.68 bits per heavy atom. The Labute approximate surface area is 131 Å². The summed E-state index contributed by atoms with van der Waals surface area (Å²) in [7, 11) is 3.12. The molecule has 0 fully saturated rings. The molecule has 2 rings (SSSR count). The molecular formula is C18H21NO3. The summed E-state index contributed by atoms with van der Waals surface area (Å²) in [6, 6.07) is 11.3. The molecule has 4 nitrogen and oxygen atoms in total. The van der Waals surface area contributed by atoms with Crippen molar-refractivity contribution in [3.05, 3.63) is 58.7 Å². The van der Waals surface area contributed by atoms with Crippen LogP contribution < -0.4 is 14.8 Å². The summed E-state index contributed by atoms with van der Waals surface area (Å²) >= 11 is 0. The Hall–Kier alpha value is -2.49. The minimum absolute atomic E-state index is 0.140. The van der Waals surface area contributed by atoms with Crippen molar-refractivity contribution >= 4 is 5.91 Å². The Bertz CT molecular complexity index is 680. The van der Waals surface area contributed by atoms with Gasteiger partial charge in [-0.25, -0.2) is 0 Å². The van der Waals surface area contributed by atoms with Gasteiger partial charge in [0.2, 0.25) is 0 Å². The molecule has 0 aliphatic rings. The van der Waals surface area contributed by atoms with Crippen LogP contribution >= 0.6 is 0 Å². The van der Waals surface area contributed by atoms with Gasteiger partial charge in [0.25, 0.3) is 5.91 Å². The number of rotatable bonds is 5. The second-order valence-corrected chi connectivity index (χ2v) is 5.17. The Balaban J connectivity index is 2.07. The van der Waals surface area contributed by atoms with Crippen molar-refractivity contribution in [2.45, 2.75) is 20.4 Å². The molecule has 0 spiro atoms. The third-order valence-electron chi connectivity index (χ3n) is 3.67. The van der Waals surface area contributed by atoms with Gasteiger partial charge in [0.15, 0.2) is 11.5 Å². The molecule has 2 aromatic rings. The first-order valence-corrected chi connectivity index (χ1v) is 7.11. The highest BCUT2D eigenvalue weighted by atomic mass is 16.5. The molecular weight excluding hydrogens is 278 g/mol. The molecule has 0 aliphatic carbocycles. The molecule has 1 N–H and O–H groups in total. The number of aryl methyl sites for hydroxylation is 2. The van der Waals surface area contributed by atoms with E-state index in [1.54, 1.807) is 32.4 Å². The normalized spacial score (nSPS) is 10.2. The molecule has 0 radical (unpaired) electrons. The summed E-state index contributed by atoms with van der Waals surface area (Å²) in [5.41, 5.74) is 4.09. The molecule has 0 bridgehead atoms. The van der Waals surface area contributed by atoms with Crippen LogP contribution in [0.3, 0.4) is 0 Å². The van der Waals surface area contributed by atoms with E-state index in [4.69, 9.17) is 9.47 Å². The molecule has 0 unspecified atom stereocenters. The van der Waals surface area contributed by atoms with Crippen molar-refractivity contribution in [2.24, 2.45) is 0 Å². The predicted molar refractivity (Wildman–Crippen MR) is 86.6 cm³/mol. The second-order valence-electron chi connectivity index (χ2n) is 5.17. The van der Waals surface area contributed by atoms with Crippen LogP contribution in [-0.4, -0.2) is 20.1 Å². The maximum Gasteiger partial charge on any atom is 0.251 e. The third-order valence-corrected chi connectivity index (χ3v) is 3.67. The molecule has 1 amide bonds. The van der Waals surface area contributed by atoms with Gasteiger partial charge in [0, 0.05) is 12.1 Å². The number of methoxy groups -OCH3 is 2. The fourth-order valence-electron chi connectivity index (χ4n) is 2.18. The minimum atomic E-state index is -0.140. The maximum atomic E-state index is 12.2. The molecule has 22 heavy (non-hydrogen) atoms. The smallest absolute Gasteiger partial charge is 0.251 e. The molecule has 0 saturated heterocycles. The number of carbonyl (C=O) groups excluding carboxylic acids is 1. The largest absolute Gasteiger partial charge is 0.493 e. The molecule has 0 saturated carbocycles. The van der Waals surface area contributed by atoms with E-state index in [0.29, 0.717) is 23.6 Å². The Morgan fingerprint density at radius 1 is 0.955 bits per heavy atom. The number of ether oxygens (including phenoxy) is 2. The highest BCUT2D eigenvalue weighted by Crippen LogP contribution is 2.27. The number of hydrogen-bond donors (Lipinski definition) is 1. The van der Waals surface area contributed by atoms with Gasteiger partial charge >= 0.3 is 0 Å². The summed E-state index contributed by atoms with van der Waals surface area (Å²) in [4.78, 5) is 12.2. The van der Waals surface area contributed by atoms with Gasteiger partial charge in [-0.05, 0) is 48.7 Å². The fraction of sp³-hybridized carbons (Fsp3) is 0.278. The minimum Gasteiger partial charge on any atom is -0.493 e. The number of carbonyl (C=O) groups is 1. The standard InChI is InChI=1S/C18H21NO3/c1-12-5-6-14(9-13(12)2)11-19-18(20)15-7-8-16(21-3)17(10-15)22-4/h5-10H,11H2,1-4H3,(H,19,20). The molecule has 0 heterocycles. The summed E-state index contributed by atoms with van der Waals surface area (Å²) in [5, 5.41) is 2.92. The number of hydrogen-bond acceptors (Lipinski definition) is 3. The number of nitrogens with one attached hydrogen (secondary N) is 1. The van der Waals surface area contributed by atoms with Gasteiger partial charge < -0.3 is 14.8 Å². The van der Waals surface area contributed by atoms with Crippen LogP contribution in [0.1, 0.15) is 27.0 Å². The first kappa shape index (κ1) is 15.9. The lowest BCUT2D eigenvalue weighted by Gasteiger charge is -2.10. The van der Waals surface area contributed by atoms with E-state index >= 15 is 0 Å². The zero-order valence-electron chi connectivity index (χ0n) is 13.4. The summed E-state index contributed by atoms with van der Waals surface area (Å²) in [5.74, 6) is 1.01. The summed E-state index contributed by atoms with van der Waals surface area (Å²) in [6.45, 7) is 4.63. The lowest BCUT2D eigenvalue weighted by atomic mass is 10.1. The van der Waals surface area contributed by atoms with Gasteiger partial charge in [-0.15, -0.1) is 0 Å². The second kappa shape index (κ2) is 6.98. The van der Waals surface area contributed by atoms with Crippen LogP contribution in [0.5, 0.6) is 11.5 Å². The molecule has 116 valence electrons. The lowest BCUT2D eigenvalue weighted by molar-refractivity contribution is 0.0950. The third kappa shape index (κ3) is 3.58. The van der Waals surface area contributed by atoms with E-state index in [2.05, 4.69) is 31.3 Å². The molecule has 2 aromatic carbocycles. The van der Waals surface area contributed by atoms with Gasteiger partial charge in [-0.1, -0.05) is 18.2 Å². The van der Waals surface area contributed by atoms with E-state index in [1.165, 1.54) is 11.1 Å². The fourth-order valence-corrected chi connectivity index (χ4v) is 2.18. The highest BCUT2D eigenvalue weighted by Gasteiger charge is 2.10. The zero-order chi connectivity index (χ0) is 16.1. The van der Waals surface area contributed by atoms with E-state index in [9.17, 15) is 4.79 Å². The highest BCUT2D eigenvalue weighted by molar-refractivity contribution is 5.94. The summed E-state index contributed by atoms with van der Waals surface area (Å²) < 4.78 is 10.4. The molecule has 0 atom stereocenters. The first-order chi connectivity index (χ1) is 10.5. The van der Waals surface area contributed by atoms with Gasteiger partial charge in [-0.3, -0.25) is 4.79 Å². The van der Waals surface area contributed by atoms with Crippen LogP contribution in [0.2, 0.25) is 0 Å². The quantitative estimate of drug-likeness (QED) is 0.922. The van der Waals surface area contributed by atoms with Crippen molar-refractivity contribution in [1.82, 2.24) is 5.32 Å². The van der Waals surface area contributed by atoms with Crippen LogP contribution in [0.25, 0.3) is 0 Å². The predicted octanol–water partition coefficient (Wildman–Crippen LogP) is 3.25. The van der Waals surface area contributed by atoms with Gasteiger partial charge in [-0.2, -0.15) is 0 Å². The van der Waals surface area contributed by atoms with Crippen molar-refractivity contribution in [3.8, 4) is 11.5 Å². The maximum absolute atomic E-state index is 12.2. The van der Waals surface area contributed by atoms with Crippen molar-refractivity contribution < 1.29 is 14.3 Å². The van der Waals surface area contributed by atoms with Crippen LogP contribution in [0.4, 0.5) is 0 Å². The molecule has 4 heteroatoms. The average Bonchev–Trinajstić information content (AvgIpc) is 2.54.